The van der Waals surface area contributed by atoms with Crippen molar-refractivity contribution in [3.63, 3.8) is 0 Å². The van der Waals surface area contributed by atoms with Gasteiger partial charge in [0.25, 0.3) is 0 Å². The van der Waals surface area contributed by atoms with Gasteiger partial charge in [-0.15, -0.1) is 24.8 Å². The predicted octanol–water partition coefficient (Wildman–Crippen LogP) is 4.46. The molecular formula is C15H24Cl3FN2. The van der Waals surface area contributed by atoms with Crippen LogP contribution in [0.25, 0.3) is 0 Å². The summed E-state index contributed by atoms with van der Waals surface area (Å²) in [4.78, 5) is 2.36. The lowest BCUT2D eigenvalue weighted by atomic mass is 9.98. The molecule has 1 aromatic carbocycles. The smallest absolute Gasteiger partial charge is 0.129 e. The maximum atomic E-state index is 14.2. The molecule has 2 rings (SSSR count). The summed E-state index contributed by atoms with van der Waals surface area (Å²) >= 11 is 6.24. The van der Waals surface area contributed by atoms with E-state index in [0.29, 0.717) is 10.6 Å². The summed E-state index contributed by atoms with van der Waals surface area (Å²) in [5.41, 5.74) is 0.680. The maximum absolute atomic E-state index is 14.2. The molecule has 1 atom stereocenters. The molecule has 1 fully saturated rings. The van der Waals surface area contributed by atoms with Crippen molar-refractivity contribution in [2.24, 2.45) is 0 Å². The van der Waals surface area contributed by atoms with Gasteiger partial charge in [-0.25, -0.2) is 4.39 Å². The van der Waals surface area contributed by atoms with E-state index in [1.807, 2.05) is 0 Å². The van der Waals surface area contributed by atoms with Crippen LogP contribution in [-0.2, 0) is 0 Å². The zero-order valence-electron chi connectivity index (χ0n) is 12.3. The number of rotatable bonds is 5. The molecule has 21 heavy (non-hydrogen) atoms. The van der Waals surface area contributed by atoms with Crippen LogP contribution in [0.3, 0.4) is 0 Å². The van der Waals surface area contributed by atoms with Gasteiger partial charge >= 0.3 is 0 Å². The number of nitrogens with zero attached hydrogens (tertiary/aromatic N) is 1. The molecule has 0 spiro atoms. The van der Waals surface area contributed by atoms with Crippen LogP contribution in [0.1, 0.15) is 37.8 Å². The minimum absolute atomic E-state index is 0. The van der Waals surface area contributed by atoms with Gasteiger partial charge in [0, 0.05) is 42.8 Å². The van der Waals surface area contributed by atoms with Gasteiger partial charge in [0.05, 0.1) is 0 Å². The van der Waals surface area contributed by atoms with E-state index < -0.39 is 0 Å². The van der Waals surface area contributed by atoms with Crippen LogP contribution in [0.4, 0.5) is 4.39 Å². The summed E-state index contributed by atoms with van der Waals surface area (Å²) in [6.07, 6.45) is 3.19. The average Bonchev–Trinajstić information content (AvgIpc) is 2.43. The van der Waals surface area contributed by atoms with Crippen molar-refractivity contribution in [2.75, 3.05) is 26.2 Å². The van der Waals surface area contributed by atoms with E-state index in [0.717, 1.165) is 45.4 Å². The Kier molecular flexibility index (Phi) is 10.6. The number of benzene rings is 1. The molecule has 1 saturated heterocycles. The van der Waals surface area contributed by atoms with Gasteiger partial charge < -0.3 is 5.32 Å². The molecule has 1 N–H and O–H groups in total. The number of hydrogen-bond acceptors (Lipinski definition) is 2. The lowest BCUT2D eigenvalue weighted by molar-refractivity contribution is 0.160. The van der Waals surface area contributed by atoms with Gasteiger partial charge in [-0.1, -0.05) is 37.4 Å². The first-order valence-corrected chi connectivity index (χ1v) is 7.50. The molecule has 122 valence electrons. The van der Waals surface area contributed by atoms with E-state index in [4.69, 9.17) is 11.6 Å². The van der Waals surface area contributed by atoms with E-state index >= 15 is 0 Å². The highest BCUT2D eigenvalue weighted by atomic mass is 35.5. The van der Waals surface area contributed by atoms with Crippen molar-refractivity contribution in [1.29, 1.82) is 0 Å². The number of halogens is 4. The molecule has 0 amide bonds. The molecule has 1 aromatic rings. The highest BCUT2D eigenvalue weighted by Crippen LogP contribution is 2.33. The minimum atomic E-state index is -0.174. The third-order valence-corrected chi connectivity index (χ3v) is 4.09. The fourth-order valence-corrected chi connectivity index (χ4v) is 3.02. The van der Waals surface area contributed by atoms with Gasteiger partial charge in [0.2, 0.25) is 0 Å². The highest BCUT2D eigenvalue weighted by molar-refractivity contribution is 6.31. The van der Waals surface area contributed by atoms with Crippen molar-refractivity contribution in [1.82, 2.24) is 10.2 Å². The summed E-state index contributed by atoms with van der Waals surface area (Å²) < 4.78 is 14.2. The quantitative estimate of drug-likeness (QED) is 0.837. The van der Waals surface area contributed by atoms with Gasteiger partial charge in [0.15, 0.2) is 0 Å². The lowest BCUT2D eigenvalue weighted by Gasteiger charge is -2.35. The SMILES string of the molecule is CCCC[C@@H](c1c(F)cccc1Cl)N1CCNCC1.Cl.Cl. The molecule has 0 aromatic heterocycles. The molecule has 0 bridgehead atoms. The van der Waals surface area contributed by atoms with E-state index in [1.165, 1.54) is 6.07 Å². The van der Waals surface area contributed by atoms with Crippen molar-refractivity contribution in [2.45, 2.75) is 32.2 Å². The summed E-state index contributed by atoms with van der Waals surface area (Å²) in [6.45, 7) is 6.01. The monoisotopic (exact) mass is 356 g/mol. The molecule has 1 heterocycles. The van der Waals surface area contributed by atoms with Gasteiger partial charge in [-0.3, -0.25) is 4.90 Å². The fourth-order valence-electron chi connectivity index (χ4n) is 2.73. The zero-order valence-corrected chi connectivity index (χ0v) is 14.7. The minimum Gasteiger partial charge on any atom is -0.314 e. The van der Waals surface area contributed by atoms with Crippen LogP contribution in [0.5, 0.6) is 0 Å². The first kappa shape index (κ1) is 20.9. The third kappa shape index (κ3) is 5.57. The summed E-state index contributed by atoms with van der Waals surface area (Å²) in [6, 6.07) is 5.09. The van der Waals surface area contributed by atoms with Gasteiger partial charge in [-0.05, 0) is 18.6 Å². The molecule has 2 nitrogen and oxygen atoms in total. The topological polar surface area (TPSA) is 15.3 Å². The van der Waals surface area contributed by atoms with E-state index in [2.05, 4.69) is 17.1 Å². The number of piperazine rings is 1. The first-order chi connectivity index (χ1) is 9.24. The molecule has 0 unspecified atom stereocenters. The molecule has 6 heteroatoms. The Bertz CT molecular complexity index is 392. The predicted molar refractivity (Wildman–Crippen MR) is 92.6 cm³/mol. The molecule has 0 radical (unpaired) electrons. The van der Waals surface area contributed by atoms with Crippen molar-refractivity contribution < 1.29 is 4.39 Å². The molecule has 1 aliphatic rings. The highest BCUT2D eigenvalue weighted by Gasteiger charge is 2.25. The second-order valence-electron chi connectivity index (χ2n) is 5.08. The average molecular weight is 358 g/mol. The number of hydrogen-bond donors (Lipinski definition) is 1. The second-order valence-corrected chi connectivity index (χ2v) is 5.49. The standard InChI is InChI=1S/C15H22ClFN2.2ClH/c1-2-3-7-14(19-10-8-18-9-11-19)15-12(16)5-4-6-13(15)17;;/h4-6,14,18H,2-3,7-11H2,1H3;2*1H/t14-;;/m0../s1. The first-order valence-electron chi connectivity index (χ1n) is 7.12. The Hall–Kier alpha value is -0.0600. The lowest BCUT2D eigenvalue weighted by Crippen LogP contribution is -2.45. The van der Waals surface area contributed by atoms with E-state index in [9.17, 15) is 4.39 Å². The van der Waals surface area contributed by atoms with Crippen LogP contribution in [0, 0.1) is 5.82 Å². The molecule has 0 aliphatic carbocycles. The van der Waals surface area contributed by atoms with Crippen LogP contribution in [0.2, 0.25) is 5.02 Å². The molecule has 0 saturated carbocycles. The summed E-state index contributed by atoms with van der Waals surface area (Å²) in [5, 5.41) is 3.89. The van der Waals surface area contributed by atoms with Crippen LogP contribution in [0.15, 0.2) is 18.2 Å². The van der Waals surface area contributed by atoms with Gasteiger partial charge in [0.1, 0.15) is 5.82 Å². The number of unbranched alkanes of at least 4 members (excludes halogenated alkanes) is 1. The Morgan fingerprint density at radius 1 is 1.29 bits per heavy atom. The summed E-state index contributed by atoms with van der Waals surface area (Å²) in [7, 11) is 0. The second kappa shape index (κ2) is 10.6. The van der Waals surface area contributed by atoms with E-state index in [1.54, 1.807) is 12.1 Å². The molecular weight excluding hydrogens is 334 g/mol. The molecule has 1 aliphatic heterocycles. The van der Waals surface area contributed by atoms with Crippen molar-refractivity contribution >= 4 is 36.4 Å². The summed E-state index contributed by atoms with van der Waals surface area (Å²) in [5.74, 6) is -0.174. The van der Waals surface area contributed by atoms with Crippen LogP contribution in [-0.4, -0.2) is 31.1 Å². The van der Waals surface area contributed by atoms with Crippen LogP contribution >= 0.6 is 36.4 Å². The Labute approximate surface area is 144 Å². The Morgan fingerprint density at radius 2 is 1.95 bits per heavy atom. The Balaban J connectivity index is 0.00000200. The normalized spacial score (nSPS) is 16.7. The van der Waals surface area contributed by atoms with Gasteiger partial charge in [-0.2, -0.15) is 0 Å². The number of nitrogens with one attached hydrogen (secondary N) is 1. The Morgan fingerprint density at radius 3 is 2.52 bits per heavy atom. The largest absolute Gasteiger partial charge is 0.314 e. The van der Waals surface area contributed by atoms with Crippen LogP contribution < -0.4 is 5.32 Å². The van der Waals surface area contributed by atoms with E-state index in [-0.39, 0.29) is 36.7 Å². The zero-order chi connectivity index (χ0) is 13.7. The maximum Gasteiger partial charge on any atom is 0.129 e. The third-order valence-electron chi connectivity index (χ3n) is 3.76. The fraction of sp³-hybridized carbons (Fsp3) is 0.600. The van der Waals surface area contributed by atoms with Crippen molar-refractivity contribution in [3.05, 3.63) is 34.6 Å². The van der Waals surface area contributed by atoms with Crippen molar-refractivity contribution in [3.8, 4) is 0 Å².